The predicted molar refractivity (Wildman–Crippen MR) is 90.8 cm³/mol. The third kappa shape index (κ3) is 5.80. The van der Waals surface area contributed by atoms with Gasteiger partial charge in [0.1, 0.15) is 5.82 Å². The molecule has 0 unspecified atom stereocenters. The standard InChI is InChI=1S/C16H21F4N3O3S/c1-2-27(25,26)23-7-5-13(6-8-23)22-15(24)21-10-11-3-4-12(17)9-14(11)16(18,19)20/h3-4,9,13H,2,5-8,10H2,1H3,(H2,21,22,24). The Bertz CT molecular complexity index is 776. The average Bonchev–Trinajstić information content (AvgIpc) is 2.60. The van der Waals surface area contributed by atoms with Crippen molar-refractivity contribution in [1.29, 1.82) is 0 Å². The summed E-state index contributed by atoms with van der Waals surface area (Å²) in [5.74, 6) is -1.01. The van der Waals surface area contributed by atoms with Crippen LogP contribution in [0.2, 0.25) is 0 Å². The van der Waals surface area contributed by atoms with E-state index in [0.29, 0.717) is 18.9 Å². The first-order valence-electron chi connectivity index (χ1n) is 8.40. The van der Waals surface area contributed by atoms with E-state index >= 15 is 0 Å². The smallest absolute Gasteiger partial charge is 0.335 e. The molecule has 0 spiro atoms. The van der Waals surface area contributed by atoms with Gasteiger partial charge < -0.3 is 10.6 Å². The first-order valence-corrected chi connectivity index (χ1v) is 10.0. The van der Waals surface area contributed by atoms with Crippen molar-refractivity contribution < 1.29 is 30.8 Å². The quantitative estimate of drug-likeness (QED) is 0.731. The number of hydrogen-bond acceptors (Lipinski definition) is 3. The number of halogens is 4. The van der Waals surface area contributed by atoms with Crippen molar-refractivity contribution >= 4 is 16.1 Å². The Kier molecular flexibility index (Phi) is 6.68. The Morgan fingerprint density at radius 1 is 1.26 bits per heavy atom. The lowest BCUT2D eigenvalue weighted by molar-refractivity contribution is -0.138. The van der Waals surface area contributed by atoms with Crippen LogP contribution in [0.15, 0.2) is 18.2 Å². The second-order valence-corrected chi connectivity index (χ2v) is 8.46. The van der Waals surface area contributed by atoms with Gasteiger partial charge in [0.25, 0.3) is 0 Å². The van der Waals surface area contributed by atoms with E-state index in [1.165, 1.54) is 4.31 Å². The molecule has 1 aromatic carbocycles. The van der Waals surface area contributed by atoms with Crippen LogP contribution in [-0.4, -0.2) is 43.6 Å². The molecule has 0 atom stereocenters. The van der Waals surface area contributed by atoms with Crippen molar-refractivity contribution in [1.82, 2.24) is 14.9 Å². The van der Waals surface area contributed by atoms with E-state index in [1.54, 1.807) is 6.92 Å². The van der Waals surface area contributed by atoms with Gasteiger partial charge in [-0.3, -0.25) is 0 Å². The van der Waals surface area contributed by atoms with Gasteiger partial charge in [-0.2, -0.15) is 13.2 Å². The SMILES string of the molecule is CCS(=O)(=O)N1CCC(NC(=O)NCc2ccc(F)cc2C(F)(F)F)CC1. The van der Waals surface area contributed by atoms with Crippen molar-refractivity contribution in [3.05, 3.63) is 35.1 Å². The molecule has 2 N–H and O–H groups in total. The molecular weight excluding hydrogens is 390 g/mol. The zero-order chi connectivity index (χ0) is 20.2. The van der Waals surface area contributed by atoms with E-state index in [0.717, 1.165) is 12.1 Å². The topological polar surface area (TPSA) is 78.5 Å². The van der Waals surface area contributed by atoms with E-state index in [2.05, 4.69) is 10.6 Å². The van der Waals surface area contributed by atoms with Gasteiger partial charge >= 0.3 is 12.2 Å². The Labute approximate surface area is 155 Å². The van der Waals surface area contributed by atoms with Crippen molar-refractivity contribution in [3.63, 3.8) is 0 Å². The van der Waals surface area contributed by atoms with Crippen molar-refractivity contribution in [2.75, 3.05) is 18.8 Å². The molecule has 2 amide bonds. The van der Waals surface area contributed by atoms with Gasteiger partial charge in [0.2, 0.25) is 10.0 Å². The third-order valence-electron chi connectivity index (χ3n) is 4.36. The fourth-order valence-corrected chi connectivity index (χ4v) is 3.97. The minimum absolute atomic E-state index is 0.00475. The number of benzene rings is 1. The van der Waals surface area contributed by atoms with Gasteiger partial charge in [0, 0.05) is 25.7 Å². The molecule has 0 aromatic heterocycles. The van der Waals surface area contributed by atoms with E-state index in [4.69, 9.17) is 0 Å². The number of amides is 2. The van der Waals surface area contributed by atoms with Crippen LogP contribution in [0.1, 0.15) is 30.9 Å². The van der Waals surface area contributed by atoms with Crippen LogP contribution >= 0.6 is 0 Å². The number of alkyl halides is 3. The molecular formula is C16H21F4N3O3S. The van der Waals surface area contributed by atoms with E-state index in [1.807, 2.05) is 0 Å². The maximum atomic E-state index is 13.1. The molecule has 6 nitrogen and oxygen atoms in total. The zero-order valence-electron chi connectivity index (χ0n) is 14.6. The highest BCUT2D eigenvalue weighted by atomic mass is 32.2. The number of sulfonamides is 1. The van der Waals surface area contributed by atoms with Crippen LogP contribution < -0.4 is 10.6 Å². The largest absolute Gasteiger partial charge is 0.416 e. The van der Waals surface area contributed by atoms with Crippen molar-refractivity contribution in [3.8, 4) is 0 Å². The Hall–Kier alpha value is -1.88. The maximum Gasteiger partial charge on any atom is 0.416 e. The minimum Gasteiger partial charge on any atom is -0.335 e. The van der Waals surface area contributed by atoms with Gasteiger partial charge in [-0.05, 0) is 37.5 Å². The number of nitrogens with zero attached hydrogens (tertiary/aromatic N) is 1. The Morgan fingerprint density at radius 3 is 2.44 bits per heavy atom. The molecule has 1 aliphatic rings. The summed E-state index contributed by atoms with van der Waals surface area (Å²) in [4.78, 5) is 11.9. The van der Waals surface area contributed by atoms with Gasteiger partial charge in [-0.15, -0.1) is 0 Å². The highest BCUT2D eigenvalue weighted by Gasteiger charge is 2.34. The maximum absolute atomic E-state index is 13.1. The molecule has 1 aliphatic heterocycles. The van der Waals surface area contributed by atoms with Crippen LogP contribution in [-0.2, 0) is 22.7 Å². The van der Waals surface area contributed by atoms with Crippen LogP contribution in [0.25, 0.3) is 0 Å². The molecule has 1 fully saturated rings. The number of carbonyl (C=O) groups excluding carboxylic acids is 1. The molecule has 1 aromatic rings. The van der Waals surface area contributed by atoms with Crippen molar-refractivity contribution in [2.24, 2.45) is 0 Å². The number of rotatable bonds is 5. The first-order chi connectivity index (χ1) is 12.5. The molecule has 27 heavy (non-hydrogen) atoms. The number of carbonyl (C=O) groups is 1. The van der Waals surface area contributed by atoms with E-state index in [-0.39, 0.29) is 30.4 Å². The Balaban J connectivity index is 1.88. The van der Waals surface area contributed by atoms with Crippen LogP contribution in [0.3, 0.4) is 0 Å². The molecule has 1 saturated heterocycles. The zero-order valence-corrected chi connectivity index (χ0v) is 15.5. The summed E-state index contributed by atoms with van der Waals surface area (Å²) < 4.78 is 76.8. The number of nitrogens with one attached hydrogen (secondary N) is 2. The van der Waals surface area contributed by atoms with E-state index < -0.39 is 40.2 Å². The van der Waals surface area contributed by atoms with E-state index in [9.17, 15) is 30.8 Å². The number of urea groups is 1. The fraction of sp³-hybridized carbons (Fsp3) is 0.562. The Morgan fingerprint density at radius 2 is 1.89 bits per heavy atom. The summed E-state index contributed by atoms with van der Waals surface area (Å²) in [7, 11) is -3.27. The van der Waals surface area contributed by atoms with Gasteiger partial charge in [0.15, 0.2) is 0 Å². The summed E-state index contributed by atoms with van der Waals surface area (Å²) in [6, 6.07) is 1.33. The fourth-order valence-electron chi connectivity index (χ4n) is 2.84. The number of piperidine rings is 1. The van der Waals surface area contributed by atoms with Crippen LogP contribution in [0.5, 0.6) is 0 Å². The molecule has 0 bridgehead atoms. The molecule has 152 valence electrons. The lowest BCUT2D eigenvalue weighted by Gasteiger charge is -2.31. The van der Waals surface area contributed by atoms with Gasteiger partial charge in [-0.1, -0.05) is 6.07 Å². The van der Waals surface area contributed by atoms with Crippen LogP contribution in [0, 0.1) is 5.82 Å². The first kappa shape index (κ1) is 21.4. The predicted octanol–water partition coefficient (Wildman–Crippen LogP) is 2.46. The second-order valence-electron chi connectivity index (χ2n) is 6.20. The summed E-state index contributed by atoms with van der Waals surface area (Å²) in [6.07, 6.45) is -3.90. The van der Waals surface area contributed by atoms with Gasteiger partial charge in [0.05, 0.1) is 11.3 Å². The minimum atomic E-state index is -4.73. The summed E-state index contributed by atoms with van der Waals surface area (Å²) in [5.41, 5.74) is -1.39. The second kappa shape index (κ2) is 8.42. The highest BCUT2D eigenvalue weighted by molar-refractivity contribution is 7.89. The highest BCUT2D eigenvalue weighted by Crippen LogP contribution is 2.32. The average molecular weight is 411 g/mol. The molecule has 11 heteroatoms. The molecule has 1 heterocycles. The summed E-state index contributed by atoms with van der Waals surface area (Å²) in [5, 5.41) is 4.95. The summed E-state index contributed by atoms with van der Waals surface area (Å²) in [6.45, 7) is 1.69. The monoisotopic (exact) mass is 411 g/mol. The lowest BCUT2D eigenvalue weighted by Crippen LogP contribution is -2.49. The molecule has 2 rings (SSSR count). The normalized spacial score (nSPS) is 16.9. The number of hydrogen-bond donors (Lipinski definition) is 2. The molecule has 0 saturated carbocycles. The third-order valence-corrected chi connectivity index (χ3v) is 6.25. The van der Waals surface area contributed by atoms with Crippen LogP contribution in [0.4, 0.5) is 22.4 Å². The molecule has 0 radical (unpaired) electrons. The van der Waals surface area contributed by atoms with Crippen molar-refractivity contribution in [2.45, 2.75) is 38.5 Å². The lowest BCUT2D eigenvalue weighted by atomic mass is 10.1. The van der Waals surface area contributed by atoms with Gasteiger partial charge in [-0.25, -0.2) is 21.9 Å². The summed E-state index contributed by atoms with van der Waals surface area (Å²) >= 11 is 0. The molecule has 0 aliphatic carbocycles.